The molecule has 3 aromatic rings. The summed E-state index contributed by atoms with van der Waals surface area (Å²) in [6.45, 7) is 0. The van der Waals surface area contributed by atoms with Gasteiger partial charge in [-0.15, -0.1) is 0 Å². The quantitative estimate of drug-likeness (QED) is 0.644. The molecular formula is C19H21N3O3. The number of nitrogens with two attached hydrogens (primary N) is 1. The van der Waals surface area contributed by atoms with Crippen molar-refractivity contribution in [3.8, 4) is 11.5 Å². The van der Waals surface area contributed by atoms with E-state index < -0.39 is 6.04 Å². The predicted octanol–water partition coefficient (Wildman–Crippen LogP) is 2.69. The zero-order chi connectivity index (χ0) is 17.8. The molecule has 1 aromatic heterocycles. The number of benzene rings is 2. The number of methoxy groups -OCH3 is 2. The Hall–Kier alpha value is -2.99. The lowest BCUT2D eigenvalue weighted by Gasteiger charge is -2.15. The van der Waals surface area contributed by atoms with Crippen molar-refractivity contribution in [2.75, 3.05) is 19.5 Å². The van der Waals surface area contributed by atoms with Crippen LogP contribution < -0.4 is 20.5 Å². The molecule has 0 radical (unpaired) electrons. The molecule has 0 bridgehead atoms. The number of carbonyl (C=O) groups is 1. The third kappa shape index (κ3) is 3.59. The van der Waals surface area contributed by atoms with E-state index in [1.54, 1.807) is 25.3 Å². The largest absolute Gasteiger partial charge is 0.497 e. The van der Waals surface area contributed by atoms with E-state index in [2.05, 4.69) is 10.3 Å². The average molecular weight is 339 g/mol. The van der Waals surface area contributed by atoms with E-state index in [0.29, 0.717) is 23.6 Å². The van der Waals surface area contributed by atoms with Gasteiger partial charge in [-0.05, 0) is 30.2 Å². The fraction of sp³-hybridized carbons (Fsp3) is 0.211. The minimum atomic E-state index is -0.675. The Labute approximate surface area is 145 Å². The van der Waals surface area contributed by atoms with Gasteiger partial charge in [0.25, 0.3) is 0 Å². The molecule has 130 valence electrons. The van der Waals surface area contributed by atoms with Crippen LogP contribution in [-0.4, -0.2) is 31.2 Å². The number of aromatic amines is 1. The van der Waals surface area contributed by atoms with Gasteiger partial charge in [0.2, 0.25) is 5.91 Å². The number of aromatic nitrogens is 1. The molecule has 4 N–H and O–H groups in total. The first-order valence-electron chi connectivity index (χ1n) is 7.96. The highest BCUT2D eigenvalue weighted by atomic mass is 16.5. The van der Waals surface area contributed by atoms with Crippen LogP contribution in [0.2, 0.25) is 0 Å². The van der Waals surface area contributed by atoms with Crippen molar-refractivity contribution in [2.45, 2.75) is 12.5 Å². The minimum Gasteiger partial charge on any atom is -0.497 e. The number of para-hydroxylation sites is 1. The molecule has 6 nitrogen and oxygen atoms in total. The number of rotatable bonds is 6. The lowest BCUT2D eigenvalue weighted by molar-refractivity contribution is -0.117. The first-order chi connectivity index (χ1) is 12.1. The maximum Gasteiger partial charge on any atom is 0.241 e. The third-order valence-electron chi connectivity index (χ3n) is 4.12. The number of ether oxygens (including phenoxy) is 2. The van der Waals surface area contributed by atoms with Gasteiger partial charge in [-0.2, -0.15) is 0 Å². The summed E-state index contributed by atoms with van der Waals surface area (Å²) in [6.07, 6.45) is 2.33. The molecule has 0 spiro atoms. The van der Waals surface area contributed by atoms with Crippen LogP contribution in [0.4, 0.5) is 5.69 Å². The molecule has 0 aliphatic rings. The van der Waals surface area contributed by atoms with Crippen molar-refractivity contribution in [2.24, 2.45) is 5.73 Å². The molecule has 0 saturated carbocycles. The van der Waals surface area contributed by atoms with Crippen molar-refractivity contribution in [1.29, 1.82) is 0 Å². The van der Waals surface area contributed by atoms with E-state index in [1.807, 2.05) is 30.5 Å². The Kier molecular flexibility index (Phi) is 4.90. The lowest BCUT2D eigenvalue weighted by Crippen LogP contribution is -2.37. The highest BCUT2D eigenvalue weighted by Gasteiger charge is 2.18. The lowest BCUT2D eigenvalue weighted by atomic mass is 10.0. The summed E-state index contributed by atoms with van der Waals surface area (Å²) in [6, 6.07) is 12.5. The number of fused-ring (bicyclic) bond motifs is 1. The van der Waals surface area contributed by atoms with Crippen molar-refractivity contribution in [3.05, 3.63) is 54.2 Å². The van der Waals surface area contributed by atoms with Crippen molar-refractivity contribution in [1.82, 2.24) is 4.98 Å². The number of amides is 1. The van der Waals surface area contributed by atoms with E-state index in [4.69, 9.17) is 15.2 Å². The standard InChI is InChI=1S/C19H21N3O3/c1-24-13-7-8-17(18(10-13)25-2)22-19(23)15(20)9-12-11-21-16-6-4-3-5-14(12)16/h3-8,10-11,15,21H,9,20H2,1-2H3,(H,22,23). The fourth-order valence-electron chi connectivity index (χ4n) is 2.76. The second-order valence-electron chi connectivity index (χ2n) is 5.73. The molecule has 1 heterocycles. The van der Waals surface area contributed by atoms with Gasteiger partial charge in [-0.25, -0.2) is 0 Å². The number of hydrogen-bond acceptors (Lipinski definition) is 4. The molecule has 3 rings (SSSR count). The van der Waals surface area contributed by atoms with Gasteiger partial charge in [-0.1, -0.05) is 18.2 Å². The second-order valence-corrected chi connectivity index (χ2v) is 5.73. The second kappa shape index (κ2) is 7.27. The zero-order valence-electron chi connectivity index (χ0n) is 14.2. The molecule has 1 atom stereocenters. The molecule has 1 amide bonds. The maximum absolute atomic E-state index is 12.5. The number of H-pyrrole nitrogens is 1. The summed E-state index contributed by atoms with van der Waals surface area (Å²) in [5, 5.41) is 3.89. The first kappa shape index (κ1) is 16.9. The van der Waals surface area contributed by atoms with Gasteiger partial charge in [0.1, 0.15) is 11.5 Å². The Balaban J connectivity index is 1.73. The molecular weight excluding hydrogens is 318 g/mol. The number of anilines is 1. The van der Waals surface area contributed by atoms with Crippen molar-refractivity contribution >= 4 is 22.5 Å². The molecule has 0 aliphatic heterocycles. The first-order valence-corrected chi connectivity index (χ1v) is 7.96. The summed E-state index contributed by atoms with van der Waals surface area (Å²) >= 11 is 0. The minimum absolute atomic E-state index is 0.270. The molecule has 1 unspecified atom stereocenters. The van der Waals surface area contributed by atoms with Gasteiger partial charge in [-0.3, -0.25) is 4.79 Å². The van der Waals surface area contributed by atoms with E-state index in [9.17, 15) is 4.79 Å². The van der Waals surface area contributed by atoms with Crippen LogP contribution >= 0.6 is 0 Å². The van der Waals surface area contributed by atoms with Crippen molar-refractivity contribution in [3.63, 3.8) is 0 Å². The number of nitrogens with one attached hydrogen (secondary N) is 2. The Morgan fingerprint density at radius 1 is 1.20 bits per heavy atom. The average Bonchev–Trinajstić information content (AvgIpc) is 3.05. The molecule has 6 heteroatoms. The van der Waals surface area contributed by atoms with Gasteiger partial charge in [0, 0.05) is 23.2 Å². The van der Waals surface area contributed by atoms with Crippen LogP contribution in [0, 0.1) is 0 Å². The van der Waals surface area contributed by atoms with E-state index in [-0.39, 0.29) is 5.91 Å². The van der Waals surface area contributed by atoms with Gasteiger partial charge < -0.3 is 25.5 Å². The maximum atomic E-state index is 12.5. The predicted molar refractivity (Wildman–Crippen MR) is 98.2 cm³/mol. The van der Waals surface area contributed by atoms with Crippen LogP contribution in [0.25, 0.3) is 10.9 Å². The summed E-state index contributed by atoms with van der Waals surface area (Å²) in [5.74, 6) is 0.902. The van der Waals surface area contributed by atoms with Gasteiger partial charge in [0.05, 0.1) is 25.9 Å². The van der Waals surface area contributed by atoms with Gasteiger partial charge >= 0.3 is 0 Å². The monoisotopic (exact) mass is 339 g/mol. The molecule has 0 aliphatic carbocycles. The summed E-state index contributed by atoms with van der Waals surface area (Å²) in [5.41, 5.74) is 8.70. The smallest absolute Gasteiger partial charge is 0.241 e. The van der Waals surface area contributed by atoms with E-state index in [0.717, 1.165) is 16.5 Å². The Morgan fingerprint density at radius 2 is 2.00 bits per heavy atom. The molecule has 25 heavy (non-hydrogen) atoms. The van der Waals surface area contributed by atoms with Crippen LogP contribution in [-0.2, 0) is 11.2 Å². The normalized spacial score (nSPS) is 12.0. The molecule has 0 saturated heterocycles. The van der Waals surface area contributed by atoms with E-state index >= 15 is 0 Å². The number of carbonyl (C=O) groups excluding carboxylic acids is 1. The topological polar surface area (TPSA) is 89.4 Å². The van der Waals surface area contributed by atoms with Gasteiger partial charge in [0.15, 0.2) is 0 Å². The molecule has 2 aromatic carbocycles. The SMILES string of the molecule is COc1ccc(NC(=O)C(N)Cc2c[nH]c3ccccc23)c(OC)c1. The van der Waals surface area contributed by atoms with Crippen LogP contribution in [0.1, 0.15) is 5.56 Å². The third-order valence-corrected chi connectivity index (χ3v) is 4.12. The van der Waals surface area contributed by atoms with E-state index in [1.165, 1.54) is 7.11 Å². The van der Waals surface area contributed by atoms with Crippen LogP contribution in [0.3, 0.4) is 0 Å². The zero-order valence-corrected chi connectivity index (χ0v) is 14.2. The highest BCUT2D eigenvalue weighted by Crippen LogP contribution is 2.29. The van der Waals surface area contributed by atoms with Crippen molar-refractivity contribution < 1.29 is 14.3 Å². The molecule has 0 fully saturated rings. The highest BCUT2D eigenvalue weighted by molar-refractivity contribution is 5.96. The summed E-state index contributed by atoms with van der Waals surface area (Å²) < 4.78 is 10.4. The van der Waals surface area contributed by atoms with Crippen LogP contribution in [0.15, 0.2) is 48.7 Å². The summed E-state index contributed by atoms with van der Waals surface area (Å²) in [4.78, 5) is 15.7. The Morgan fingerprint density at radius 3 is 2.76 bits per heavy atom. The number of hydrogen-bond donors (Lipinski definition) is 3. The Bertz CT molecular complexity index is 889. The van der Waals surface area contributed by atoms with Crippen LogP contribution in [0.5, 0.6) is 11.5 Å². The summed E-state index contributed by atoms with van der Waals surface area (Å²) in [7, 11) is 3.11. The fourth-order valence-corrected chi connectivity index (χ4v) is 2.76.